The summed E-state index contributed by atoms with van der Waals surface area (Å²) in [5, 5.41) is 5.08. The highest BCUT2D eigenvalue weighted by molar-refractivity contribution is 9.10. The van der Waals surface area contributed by atoms with Gasteiger partial charge in [0.1, 0.15) is 5.75 Å². The molecule has 0 spiro atoms. The number of sulfonamides is 1. The second-order valence-electron chi connectivity index (χ2n) is 4.60. The van der Waals surface area contributed by atoms with Gasteiger partial charge in [-0.15, -0.1) is 0 Å². The predicted molar refractivity (Wildman–Crippen MR) is 75.9 cm³/mol. The molecule has 0 aliphatic carbocycles. The zero-order valence-corrected chi connectivity index (χ0v) is 12.9. The van der Waals surface area contributed by atoms with E-state index in [1.165, 1.54) is 0 Å². The standard InChI is InChI=1S/C12H18BrNO3S/c1-9(2)10(8-18(14,15)16)7-17-12-5-3-4-11(13)6-12/h3-6,9-10H,7-8H2,1-2H3,(H2,14,15,16). The van der Waals surface area contributed by atoms with Crippen LogP contribution >= 0.6 is 15.9 Å². The van der Waals surface area contributed by atoms with E-state index >= 15 is 0 Å². The van der Waals surface area contributed by atoms with Crippen molar-refractivity contribution in [2.45, 2.75) is 13.8 Å². The van der Waals surface area contributed by atoms with Gasteiger partial charge >= 0.3 is 0 Å². The van der Waals surface area contributed by atoms with Crippen molar-refractivity contribution in [3.05, 3.63) is 28.7 Å². The number of nitrogens with two attached hydrogens (primary N) is 1. The fourth-order valence-electron chi connectivity index (χ4n) is 1.49. The first-order chi connectivity index (χ1) is 8.28. The Labute approximate surface area is 117 Å². The molecule has 1 unspecified atom stereocenters. The summed E-state index contributed by atoms with van der Waals surface area (Å²) in [5.41, 5.74) is 0. The summed E-state index contributed by atoms with van der Waals surface area (Å²) < 4.78 is 28.8. The average molecular weight is 336 g/mol. The van der Waals surface area contributed by atoms with Crippen LogP contribution in [0.1, 0.15) is 13.8 Å². The molecule has 0 fully saturated rings. The number of ether oxygens (including phenoxy) is 1. The minimum absolute atomic E-state index is 0.0569. The van der Waals surface area contributed by atoms with Crippen molar-refractivity contribution < 1.29 is 13.2 Å². The second kappa shape index (κ2) is 6.54. The van der Waals surface area contributed by atoms with Gasteiger partial charge in [0, 0.05) is 10.4 Å². The van der Waals surface area contributed by atoms with E-state index < -0.39 is 10.0 Å². The molecule has 0 aliphatic rings. The summed E-state index contributed by atoms with van der Waals surface area (Å²) in [7, 11) is -3.47. The normalized spacial score (nSPS) is 13.6. The van der Waals surface area contributed by atoms with Gasteiger partial charge in [-0.3, -0.25) is 0 Å². The topological polar surface area (TPSA) is 69.4 Å². The van der Waals surface area contributed by atoms with Crippen LogP contribution in [-0.4, -0.2) is 20.8 Å². The summed E-state index contributed by atoms with van der Waals surface area (Å²) in [4.78, 5) is 0. The lowest BCUT2D eigenvalue weighted by molar-refractivity contribution is 0.224. The smallest absolute Gasteiger partial charge is 0.209 e. The number of hydrogen-bond acceptors (Lipinski definition) is 3. The van der Waals surface area contributed by atoms with E-state index in [9.17, 15) is 8.42 Å². The Morgan fingerprint density at radius 1 is 1.39 bits per heavy atom. The lowest BCUT2D eigenvalue weighted by Crippen LogP contribution is -2.30. The van der Waals surface area contributed by atoms with Crippen LogP contribution in [0.25, 0.3) is 0 Å². The van der Waals surface area contributed by atoms with E-state index in [2.05, 4.69) is 15.9 Å². The van der Waals surface area contributed by atoms with Crippen molar-refractivity contribution in [3.63, 3.8) is 0 Å². The number of primary sulfonamides is 1. The first-order valence-corrected chi connectivity index (χ1v) is 8.17. The fraction of sp³-hybridized carbons (Fsp3) is 0.500. The molecule has 2 N–H and O–H groups in total. The predicted octanol–water partition coefficient (Wildman–Crippen LogP) is 2.39. The van der Waals surface area contributed by atoms with Crippen molar-refractivity contribution in [1.29, 1.82) is 0 Å². The molecule has 1 aromatic rings. The Hall–Kier alpha value is -0.590. The van der Waals surface area contributed by atoms with Crippen molar-refractivity contribution >= 4 is 26.0 Å². The van der Waals surface area contributed by atoms with Gasteiger partial charge in [0.15, 0.2) is 0 Å². The second-order valence-corrected chi connectivity index (χ2v) is 7.18. The van der Waals surface area contributed by atoms with Gasteiger partial charge in [0.2, 0.25) is 10.0 Å². The maximum Gasteiger partial charge on any atom is 0.209 e. The van der Waals surface area contributed by atoms with Crippen LogP contribution in [0.2, 0.25) is 0 Å². The first-order valence-electron chi connectivity index (χ1n) is 5.67. The molecule has 1 rings (SSSR count). The van der Waals surface area contributed by atoms with Crippen molar-refractivity contribution in [2.24, 2.45) is 17.0 Å². The Balaban J connectivity index is 2.63. The molecule has 0 saturated carbocycles. The van der Waals surface area contributed by atoms with Gasteiger partial charge in [0.05, 0.1) is 12.4 Å². The van der Waals surface area contributed by atoms with Crippen LogP contribution in [0.15, 0.2) is 28.7 Å². The van der Waals surface area contributed by atoms with Gasteiger partial charge in [0.25, 0.3) is 0 Å². The summed E-state index contributed by atoms with van der Waals surface area (Å²) in [6.07, 6.45) is 0. The van der Waals surface area contributed by atoms with Crippen LogP contribution in [0.5, 0.6) is 5.75 Å². The monoisotopic (exact) mass is 335 g/mol. The molecule has 102 valence electrons. The van der Waals surface area contributed by atoms with Gasteiger partial charge in [-0.25, -0.2) is 13.6 Å². The minimum Gasteiger partial charge on any atom is -0.493 e. The molecule has 0 amide bonds. The Kier molecular flexibility index (Phi) is 5.62. The van der Waals surface area contributed by atoms with Crippen LogP contribution in [0.4, 0.5) is 0 Å². The zero-order chi connectivity index (χ0) is 13.8. The van der Waals surface area contributed by atoms with Gasteiger partial charge < -0.3 is 4.74 Å². The summed E-state index contributed by atoms with van der Waals surface area (Å²) in [6.45, 7) is 4.25. The first kappa shape index (κ1) is 15.5. The molecule has 4 nitrogen and oxygen atoms in total. The maximum atomic E-state index is 11.1. The van der Waals surface area contributed by atoms with E-state index in [1.54, 1.807) is 0 Å². The SMILES string of the molecule is CC(C)C(COc1cccc(Br)c1)CS(N)(=O)=O. The number of halogens is 1. The molecule has 1 aromatic carbocycles. The Bertz CT molecular complexity index is 488. The molecule has 0 aliphatic heterocycles. The highest BCUT2D eigenvalue weighted by Gasteiger charge is 2.20. The van der Waals surface area contributed by atoms with E-state index in [1.807, 2.05) is 38.1 Å². The summed E-state index contributed by atoms with van der Waals surface area (Å²) >= 11 is 3.35. The number of rotatable bonds is 6. The molecule has 18 heavy (non-hydrogen) atoms. The lowest BCUT2D eigenvalue weighted by atomic mass is 9.99. The highest BCUT2D eigenvalue weighted by atomic mass is 79.9. The Morgan fingerprint density at radius 2 is 2.06 bits per heavy atom. The van der Waals surface area contributed by atoms with Gasteiger partial charge in [-0.05, 0) is 24.1 Å². The number of benzene rings is 1. The molecule has 0 saturated heterocycles. The quantitative estimate of drug-likeness (QED) is 0.867. The van der Waals surface area contributed by atoms with Gasteiger partial charge in [-0.1, -0.05) is 35.8 Å². The van der Waals surface area contributed by atoms with E-state index in [0.29, 0.717) is 12.4 Å². The van der Waals surface area contributed by atoms with Crippen LogP contribution in [0, 0.1) is 11.8 Å². The van der Waals surface area contributed by atoms with Crippen molar-refractivity contribution in [1.82, 2.24) is 0 Å². The van der Waals surface area contributed by atoms with E-state index in [4.69, 9.17) is 9.88 Å². The summed E-state index contributed by atoms with van der Waals surface area (Å²) in [6, 6.07) is 7.44. The third kappa shape index (κ3) is 5.84. The summed E-state index contributed by atoms with van der Waals surface area (Å²) in [5.74, 6) is 0.734. The molecule has 0 heterocycles. The lowest BCUT2D eigenvalue weighted by Gasteiger charge is -2.20. The molecule has 1 atom stereocenters. The third-order valence-corrected chi connectivity index (χ3v) is 4.04. The van der Waals surface area contributed by atoms with Crippen LogP contribution < -0.4 is 9.88 Å². The maximum absolute atomic E-state index is 11.1. The van der Waals surface area contributed by atoms with Crippen LogP contribution in [-0.2, 0) is 10.0 Å². The van der Waals surface area contributed by atoms with Crippen molar-refractivity contribution in [3.8, 4) is 5.75 Å². The fourth-order valence-corrected chi connectivity index (χ4v) is 2.95. The third-order valence-electron chi connectivity index (χ3n) is 2.65. The van der Waals surface area contributed by atoms with E-state index in [-0.39, 0.29) is 17.6 Å². The van der Waals surface area contributed by atoms with E-state index in [0.717, 1.165) is 4.47 Å². The molecule has 0 aromatic heterocycles. The molecule has 0 bridgehead atoms. The minimum atomic E-state index is -3.47. The average Bonchev–Trinajstić information content (AvgIpc) is 2.22. The largest absolute Gasteiger partial charge is 0.493 e. The zero-order valence-electron chi connectivity index (χ0n) is 10.5. The molecule has 0 radical (unpaired) electrons. The molecular formula is C12H18BrNO3S. The van der Waals surface area contributed by atoms with Crippen LogP contribution in [0.3, 0.4) is 0 Å². The Morgan fingerprint density at radius 3 is 2.56 bits per heavy atom. The highest BCUT2D eigenvalue weighted by Crippen LogP contribution is 2.20. The van der Waals surface area contributed by atoms with Crippen molar-refractivity contribution in [2.75, 3.05) is 12.4 Å². The number of hydrogen-bond donors (Lipinski definition) is 1. The van der Waals surface area contributed by atoms with Gasteiger partial charge in [-0.2, -0.15) is 0 Å². The molecule has 6 heteroatoms. The molecular weight excluding hydrogens is 318 g/mol.